The van der Waals surface area contributed by atoms with Crippen molar-refractivity contribution in [3.8, 4) is 6.07 Å². The van der Waals surface area contributed by atoms with Crippen molar-refractivity contribution in [1.82, 2.24) is 4.98 Å². The lowest BCUT2D eigenvalue weighted by atomic mass is 10.1. The molecule has 3 rings (SSSR count). The highest BCUT2D eigenvalue weighted by Gasteiger charge is 2.30. The largest absolute Gasteiger partial charge is 0.395 e. The first-order valence-corrected chi connectivity index (χ1v) is 6.51. The molecule has 1 saturated carbocycles. The Kier molecular flexibility index (Phi) is 3.06. The van der Waals surface area contributed by atoms with Crippen LogP contribution in [0.2, 0.25) is 0 Å². The first-order chi connectivity index (χ1) is 9.33. The molecule has 4 nitrogen and oxygen atoms in total. The van der Waals surface area contributed by atoms with E-state index in [1.165, 1.54) is 0 Å². The fourth-order valence-electron chi connectivity index (χ4n) is 2.38. The summed E-state index contributed by atoms with van der Waals surface area (Å²) < 4.78 is 0. The maximum atomic E-state index is 9.28. The number of anilines is 1. The van der Waals surface area contributed by atoms with Gasteiger partial charge < -0.3 is 10.0 Å². The summed E-state index contributed by atoms with van der Waals surface area (Å²) in [5.41, 5.74) is 1.48. The van der Waals surface area contributed by atoms with Gasteiger partial charge in [0.1, 0.15) is 5.82 Å². The Balaban J connectivity index is 2.10. The molecule has 0 radical (unpaired) electrons. The second-order valence-corrected chi connectivity index (χ2v) is 4.81. The van der Waals surface area contributed by atoms with Gasteiger partial charge in [-0.05, 0) is 25.0 Å². The molecule has 1 aromatic heterocycles. The van der Waals surface area contributed by atoms with Gasteiger partial charge in [0, 0.05) is 18.0 Å². The van der Waals surface area contributed by atoms with Gasteiger partial charge in [-0.25, -0.2) is 4.98 Å². The molecule has 96 valence electrons. The van der Waals surface area contributed by atoms with E-state index in [-0.39, 0.29) is 6.61 Å². The summed E-state index contributed by atoms with van der Waals surface area (Å²) in [5.74, 6) is 0.798. The second-order valence-electron chi connectivity index (χ2n) is 4.81. The SMILES string of the molecule is N#Cc1cc(N(CCO)C2CC2)nc2ccccc12. The average Bonchev–Trinajstić information content (AvgIpc) is 3.28. The number of hydrogen-bond acceptors (Lipinski definition) is 4. The van der Waals surface area contributed by atoms with Crippen LogP contribution in [0.25, 0.3) is 10.9 Å². The standard InChI is InChI=1S/C15H15N3O/c16-10-11-9-15(18(7-8-19)12-5-6-12)17-14-4-2-1-3-13(11)14/h1-4,9,12,19H,5-8H2. The minimum atomic E-state index is 0.104. The first kappa shape index (κ1) is 11.9. The molecular formula is C15H15N3O. The van der Waals surface area contributed by atoms with Crippen LogP contribution in [0, 0.1) is 11.3 Å². The number of nitriles is 1. The molecule has 4 heteroatoms. The van der Waals surface area contributed by atoms with E-state index in [0.29, 0.717) is 18.2 Å². The highest BCUT2D eigenvalue weighted by Crippen LogP contribution is 2.32. The lowest BCUT2D eigenvalue weighted by Gasteiger charge is -2.23. The van der Waals surface area contributed by atoms with Crippen LogP contribution in [0.3, 0.4) is 0 Å². The van der Waals surface area contributed by atoms with E-state index in [4.69, 9.17) is 0 Å². The number of benzene rings is 1. The summed E-state index contributed by atoms with van der Waals surface area (Å²) in [4.78, 5) is 6.73. The van der Waals surface area contributed by atoms with Crippen molar-refractivity contribution in [2.45, 2.75) is 18.9 Å². The molecule has 1 aliphatic rings. The number of rotatable bonds is 4. The number of para-hydroxylation sites is 1. The Morgan fingerprint density at radius 3 is 2.84 bits per heavy atom. The number of aliphatic hydroxyl groups excluding tert-OH is 1. The van der Waals surface area contributed by atoms with Crippen molar-refractivity contribution in [3.05, 3.63) is 35.9 Å². The molecule has 0 amide bonds. The van der Waals surface area contributed by atoms with Crippen molar-refractivity contribution in [3.63, 3.8) is 0 Å². The zero-order valence-electron chi connectivity index (χ0n) is 10.6. The van der Waals surface area contributed by atoms with Crippen molar-refractivity contribution in [1.29, 1.82) is 5.26 Å². The smallest absolute Gasteiger partial charge is 0.130 e. The fourth-order valence-corrected chi connectivity index (χ4v) is 2.38. The van der Waals surface area contributed by atoms with Gasteiger partial charge in [0.15, 0.2) is 0 Å². The van der Waals surface area contributed by atoms with E-state index < -0.39 is 0 Å². The fraction of sp³-hybridized carbons (Fsp3) is 0.333. The Morgan fingerprint density at radius 1 is 1.37 bits per heavy atom. The van der Waals surface area contributed by atoms with Gasteiger partial charge in [0.05, 0.1) is 23.8 Å². The van der Waals surface area contributed by atoms with E-state index in [2.05, 4.69) is 16.0 Å². The maximum absolute atomic E-state index is 9.28. The Bertz CT molecular complexity index is 643. The van der Waals surface area contributed by atoms with Gasteiger partial charge in [-0.3, -0.25) is 0 Å². The predicted octanol–water partition coefficient (Wildman–Crippen LogP) is 2.07. The molecule has 1 aliphatic carbocycles. The first-order valence-electron chi connectivity index (χ1n) is 6.51. The van der Waals surface area contributed by atoms with Gasteiger partial charge in [-0.15, -0.1) is 0 Å². The summed E-state index contributed by atoms with van der Waals surface area (Å²) in [6.45, 7) is 0.674. The molecule has 0 bridgehead atoms. The summed E-state index contributed by atoms with van der Waals surface area (Å²) in [5, 5.41) is 19.3. The monoisotopic (exact) mass is 253 g/mol. The zero-order valence-corrected chi connectivity index (χ0v) is 10.6. The van der Waals surface area contributed by atoms with Crippen molar-refractivity contribution in [2.75, 3.05) is 18.1 Å². The Labute approximate surface area is 111 Å². The lowest BCUT2D eigenvalue weighted by Crippen LogP contribution is -2.29. The molecule has 0 spiro atoms. The van der Waals surface area contributed by atoms with Crippen molar-refractivity contribution >= 4 is 16.7 Å². The van der Waals surface area contributed by atoms with E-state index in [1.54, 1.807) is 0 Å². The molecule has 1 fully saturated rings. The number of nitrogens with zero attached hydrogens (tertiary/aromatic N) is 3. The normalized spacial score (nSPS) is 14.3. The van der Waals surface area contributed by atoms with Crippen LogP contribution in [0.15, 0.2) is 30.3 Å². The molecule has 0 saturated heterocycles. The molecular weight excluding hydrogens is 238 g/mol. The van der Waals surface area contributed by atoms with Crippen LogP contribution in [-0.4, -0.2) is 29.3 Å². The van der Waals surface area contributed by atoms with Crippen LogP contribution in [0.4, 0.5) is 5.82 Å². The average molecular weight is 253 g/mol. The Morgan fingerprint density at radius 2 is 2.16 bits per heavy atom. The Hall–Kier alpha value is -2.12. The number of pyridine rings is 1. The highest BCUT2D eigenvalue weighted by molar-refractivity contribution is 5.86. The molecule has 1 heterocycles. The van der Waals surface area contributed by atoms with E-state index >= 15 is 0 Å². The third-order valence-electron chi connectivity index (χ3n) is 3.45. The molecule has 0 atom stereocenters. The molecule has 1 N–H and O–H groups in total. The van der Waals surface area contributed by atoms with Crippen LogP contribution in [-0.2, 0) is 0 Å². The third-order valence-corrected chi connectivity index (χ3v) is 3.45. The van der Waals surface area contributed by atoms with Crippen molar-refractivity contribution < 1.29 is 5.11 Å². The van der Waals surface area contributed by atoms with E-state index in [0.717, 1.165) is 29.6 Å². The summed E-state index contributed by atoms with van der Waals surface area (Å²) >= 11 is 0. The van der Waals surface area contributed by atoms with Gasteiger partial charge in [-0.2, -0.15) is 5.26 Å². The third kappa shape index (κ3) is 2.25. The number of aliphatic hydroxyl groups is 1. The minimum Gasteiger partial charge on any atom is -0.395 e. The number of aromatic nitrogens is 1. The van der Waals surface area contributed by atoms with Crippen LogP contribution >= 0.6 is 0 Å². The highest BCUT2D eigenvalue weighted by atomic mass is 16.3. The van der Waals surface area contributed by atoms with Gasteiger partial charge in [-0.1, -0.05) is 18.2 Å². The second kappa shape index (κ2) is 4.87. The van der Waals surface area contributed by atoms with Crippen molar-refractivity contribution in [2.24, 2.45) is 0 Å². The van der Waals surface area contributed by atoms with E-state index in [9.17, 15) is 10.4 Å². The predicted molar refractivity (Wildman–Crippen MR) is 73.9 cm³/mol. The van der Waals surface area contributed by atoms with Gasteiger partial charge >= 0.3 is 0 Å². The summed E-state index contributed by atoms with van der Waals surface area (Å²) in [6, 6.07) is 12.2. The van der Waals surface area contributed by atoms with Crippen LogP contribution in [0.5, 0.6) is 0 Å². The van der Waals surface area contributed by atoms with E-state index in [1.807, 2.05) is 30.3 Å². The molecule has 0 unspecified atom stereocenters. The number of fused-ring (bicyclic) bond motifs is 1. The van der Waals surface area contributed by atoms with Gasteiger partial charge in [0.25, 0.3) is 0 Å². The molecule has 1 aromatic carbocycles. The van der Waals surface area contributed by atoms with Crippen LogP contribution in [0.1, 0.15) is 18.4 Å². The minimum absolute atomic E-state index is 0.104. The number of hydrogen-bond donors (Lipinski definition) is 1. The molecule has 19 heavy (non-hydrogen) atoms. The topological polar surface area (TPSA) is 60.2 Å². The van der Waals surface area contributed by atoms with Gasteiger partial charge in [0.2, 0.25) is 0 Å². The molecule has 2 aromatic rings. The lowest BCUT2D eigenvalue weighted by molar-refractivity contribution is 0.301. The summed E-state index contributed by atoms with van der Waals surface area (Å²) in [7, 11) is 0. The van der Waals surface area contributed by atoms with Crippen LogP contribution < -0.4 is 4.90 Å². The zero-order chi connectivity index (χ0) is 13.2. The maximum Gasteiger partial charge on any atom is 0.130 e. The summed E-state index contributed by atoms with van der Waals surface area (Å²) in [6.07, 6.45) is 2.27. The quantitative estimate of drug-likeness (QED) is 0.906. The molecule has 0 aliphatic heterocycles.